The van der Waals surface area contributed by atoms with Crippen LogP contribution in [0.1, 0.15) is 19.5 Å². The first-order chi connectivity index (χ1) is 10.1. The molecule has 3 aromatic rings. The van der Waals surface area contributed by atoms with Crippen LogP contribution in [0.5, 0.6) is 0 Å². The third-order valence-electron chi connectivity index (χ3n) is 3.45. The van der Waals surface area contributed by atoms with Gasteiger partial charge in [0.05, 0.1) is 5.69 Å². The Morgan fingerprint density at radius 1 is 1.19 bits per heavy atom. The highest BCUT2D eigenvalue weighted by Gasteiger charge is 2.13. The molecule has 0 bridgehead atoms. The molecule has 106 valence electrons. The summed E-state index contributed by atoms with van der Waals surface area (Å²) < 4.78 is 28.0. The summed E-state index contributed by atoms with van der Waals surface area (Å²) in [6.07, 6.45) is 3.75. The normalized spacial score (nSPS) is 12.1. The van der Waals surface area contributed by atoms with Crippen LogP contribution in [0.3, 0.4) is 0 Å². The van der Waals surface area contributed by atoms with Crippen LogP contribution in [0.15, 0.2) is 42.6 Å². The van der Waals surface area contributed by atoms with Crippen molar-refractivity contribution in [3.8, 4) is 10.4 Å². The number of nitrogens with zero attached hydrogens (tertiary/aromatic N) is 1. The molecule has 1 nitrogen and oxygen atoms in total. The molecule has 0 N–H and O–H groups in total. The smallest absolute Gasteiger partial charge is 0.134 e. The van der Waals surface area contributed by atoms with Crippen molar-refractivity contribution in [3.63, 3.8) is 0 Å². The lowest BCUT2D eigenvalue weighted by molar-refractivity contribution is 0.586. The van der Waals surface area contributed by atoms with E-state index in [-0.39, 0.29) is 0 Å². The van der Waals surface area contributed by atoms with E-state index in [1.54, 1.807) is 6.20 Å². The van der Waals surface area contributed by atoms with Gasteiger partial charge in [-0.2, -0.15) is 0 Å². The molecule has 0 amide bonds. The first kappa shape index (κ1) is 13.9. The van der Waals surface area contributed by atoms with E-state index in [1.165, 1.54) is 23.5 Å². The van der Waals surface area contributed by atoms with Crippen LogP contribution in [0.25, 0.3) is 26.1 Å². The van der Waals surface area contributed by atoms with Crippen LogP contribution in [0.2, 0.25) is 0 Å². The van der Waals surface area contributed by atoms with E-state index in [4.69, 9.17) is 0 Å². The molecule has 0 fully saturated rings. The summed E-state index contributed by atoms with van der Waals surface area (Å²) in [7, 11) is 0. The Kier molecular flexibility index (Phi) is 3.55. The Morgan fingerprint density at radius 3 is 2.71 bits per heavy atom. The molecule has 0 aliphatic carbocycles. The SMILES string of the molecule is C/C=C(\C)c1nccc2sc(-c3ccc(F)cc3F)cc12. The Labute approximate surface area is 125 Å². The standard InChI is InChI=1S/C17H13F2NS/c1-3-10(2)17-13-9-16(21-15(13)6-7-20-17)12-5-4-11(18)8-14(12)19/h3-9H,1-2H3/b10-3+. The molecule has 0 saturated carbocycles. The molecular formula is C17H13F2NS. The van der Waals surface area contributed by atoms with E-state index >= 15 is 0 Å². The minimum Gasteiger partial charge on any atom is -0.256 e. The summed E-state index contributed by atoms with van der Waals surface area (Å²) >= 11 is 1.48. The highest BCUT2D eigenvalue weighted by atomic mass is 32.1. The number of aromatic nitrogens is 1. The van der Waals surface area contributed by atoms with E-state index in [9.17, 15) is 8.78 Å². The van der Waals surface area contributed by atoms with Gasteiger partial charge in [0, 0.05) is 32.8 Å². The molecule has 0 atom stereocenters. The monoisotopic (exact) mass is 301 g/mol. The van der Waals surface area contributed by atoms with Gasteiger partial charge < -0.3 is 0 Å². The molecule has 0 spiro atoms. The van der Waals surface area contributed by atoms with Crippen molar-refractivity contribution in [2.45, 2.75) is 13.8 Å². The molecule has 21 heavy (non-hydrogen) atoms. The van der Waals surface area contributed by atoms with E-state index in [0.29, 0.717) is 5.56 Å². The van der Waals surface area contributed by atoms with Gasteiger partial charge in [0.15, 0.2) is 0 Å². The lowest BCUT2D eigenvalue weighted by atomic mass is 10.1. The first-order valence-corrected chi connectivity index (χ1v) is 7.39. The van der Waals surface area contributed by atoms with Gasteiger partial charge >= 0.3 is 0 Å². The van der Waals surface area contributed by atoms with Crippen molar-refractivity contribution in [2.24, 2.45) is 0 Å². The van der Waals surface area contributed by atoms with Crippen molar-refractivity contribution in [1.82, 2.24) is 4.98 Å². The zero-order valence-corrected chi connectivity index (χ0v) is 12.5. The fraction of sp³-hybridized carbons (Fsp3) is 0.118. The number of hydrogen-bond acceptors (Lipinski definition) is 2. The van der Waals surface area contributed by atoms with Gasteiger partial charge in [-0.05, 0) is 43.7 Å². The Hall–Kier alpha value is -2.07. The summed E-state index contributed by atoms with van der Waals surface area (Å²) in [6.45, 7) is 3.96. The maximum absolute atomic E-state index is 13.9. The minimum atomic E-state index is -0.565. The topological polar surface area (TPSA) is 12.9 Å². The van der Waals surface area contributed by atoms with Crippen molar-refractivity contribution in [2.75, 3.05) is 0 Å². The van der Waals surface area contributed by atoms with Crippen molar-refractivity contribution >= 4 is 27.0 Å². The number of allylic oxidation sites excluding steroid dienone is 2. The van der Waals surface area contributed by atoms with E-state index < -0.39 is 11.6 Å². The molecule has 0 aliphatic heterocycles. The van der Waals surface area contributed by atoms with Gasteiger partial charge in [-0.25, -0.2) is 8.78 Å². The van der Waals surface area contributed by atoms with E-state index in [0.717, 1.165) is 32.3 Å². The maximum atomic E-state index is 13.9. The summed E-state index contributed by atoms with van der Waals surface area (Å²) in [5.74, 6) is -1.11. The average molecular weight is 301 g/mol. The number of rotatable bonds is 2. The van der Waals surface area contributed by atoms with Crippen molar-refractivity contribution < 1.29 is 8.78 Å². The van der Waals surface area contributed by atoms with E-state index in [1.807, 2.05) is 32.1 Å². The average Bonchev–Trinajstić information content (AvgIpc) is 2.89. The molecule has 2 aromatic heterocycles. The van der Waals surface area contributed by atoms with Gasteiger partial charge in [0.1, 0.15) is 11.6 Å². The summed E-state index contributed by atoms with van der Waals surface area (Å²) in [6, 6.07) is 7.50. The molecule has 0 radical (unpaired) electrons. The number of hydrogen-bond donors (Lipinski definition) is 0. The molecule has 0 saturated heterocycles. The molecule has 4 heteroatoms. The number of benzene rings is 1. The summed E-state index contributed by atoms with van der Waals surface area (Å²) in [4.78, 5) is 5.18. The predicted molar refractivity (Wildman–Crippen MR) is 84.3 cm³/mol. The zero-order chi connectivity index (χ0) is 15.0. The van der Waals surface area contributed by atoms with Gasteiger partial charge in [-0.3, -0.25) is 4.98 Å². The van der Waals surface area contributed by atoms with Crippen LogP contribution in [-0.2, 0) is 0 Å². The molecule has 2 heterocycles. The zero-order valence-electron chi connectivity index (χ0n) is 11.7. The number of thiophene rings is 1. The first-order valence-electron chi connectivity index (χ1n) is 6.57. The third-order valence-corrected chi connectivity index (χ3v) is 4.58. The second-order valence-electron chi connectivity index (χ2n) is 4.78. The third kappa shape index (κ3) is 2.47. The van der Waals surface area contributed by atoms with Crippen LogP contribution in [0, 0.1) is 11.6 Å². The van der Waals surface area contributed by atoms with Gasteiger partial charge in [0.2, 0.25) is 0 Å². The van der Waals surface area contributed by atoms with E-state index in [2.05, 4.69) is 4.98 Å². The number of pyridine rings is 1. The fourth-order valence-electron chi connectivity index (χ4n) is 2.24. The molecule has 0 aliphatic rings. The lowest BCUT2D eigenvalue weighted by Gasteiger charge is -2.01. The number of halogens is 2. The summed E-state index contributed by atoms with van der Waals surface area (Å²) in [5, 5.41) is 0.997. The van der Waals surface area contributed by atoms with Crippen LogP contribution in [0.4, 0.5) is 8.78 Å². The Bertz CT molecular complexity index is 849. The van der Waals surface area contributed by atoms with Gasteiger partial charge in [0.25, 0.3) is 0 Å². The van der Waals surface area contributed by atoms with Crippen LogP contribution >= 0.6 is 11.3 Å². The fourth-order valence-corrected chi connectivity index (χ4v) is 3.32. The second kappa shape index (κ2) is 5.37. The minimum absolute atomic E-state index is 0.418. The predicted octanol–water partition coefficient (Wildman–Crippen LogP) is 5.66. The Morgan fingerprint density at radius 2 is 2.00 bits per heavy atom. The Balaban J connectivity index is 2.22. The molecular weight excluding hydrogens is 288 g/mol. The number of fused-ring (bicyclic) bond motifs is 1. The van der Waals surface area contributed by atoms with Gasteiger partial charge in [-0.1, -0.05) is 6.08 Å². The quantitative estimate of drug-likeness (QED) is 0.594. The lowest BCUT2D eigenvalue weighted by Crippen LogP contribution is -1.85. The largest absolute Gasteiger partial charge is 0.256 e. The molecule has 3 rings (SSSR count). The molecule has 1 aromatic carbocycles. The maximum Gasteiger partial charge on any atom is 0.134 e. The second-order valence-corrected chi connectivity index (χ2v) is 5.86. The van der Waals surface area contributed by atoms with Crippen molar-refractivity contribution in [3.05, 3.63) is 59.9 Å². The summed E-state index contributed by atoms with van der Waals surface area (Å²) in [5.41, 5.74) is 2.39. The van der Waals surface area contributed by atoms with Crippen LogP contribution < -0.4 is 0 Å². The highest BCUT2D eigenvalue weighted by molar-refractivity contribution is 7.22. The van der Waals surface area contributed by atoms with Crippen molar-refractivity contribution in [1.29, 1.82) is 0 Å². The molecule has 0 unspecified atom stereocenters. The highest BCUT2D eigenvalue weighted by Crippen LogP contribution is 2.37. The van der Waals surface area contributed by atoms with Crippen LogP contribution in [-0.4, -0.2) is 4.98 Å². The van der Waals surface area contributed by atoms with Gasteiger partial charge in [-0.15, -0.1) is 11.3 Å².